The Balaban J connectivity index is 1.39. The summed E-state index contributed by atoms with van der Waals surface area (Å²) in [5.74, 6) is 0.232. The van der Waals surface area contributed by atoms with Crippen molar-refractivity contribution in [3.05, 3.63) is 65.7 Å². The van der Waals surface area contributed by atoms with E-state index in [-0.39, 0.29) is 5.91 Å². The Kier molecular flexibility index (Phi) is 5.45. The molecule has 8 heteroatoms. The van der Waals surface area contributed by atoms with Crippen LogP contribution in [-0.2, 0) is 25.3 Å². The molecule has 0 aliphatic carbocycles. The molecule has 4 aromatic heterocycles. The molecular weight excluding hydrogens is 404 g/mol. The molecule has 0 saturated carbocycles. The number of pyridine rings is 2. The maximum Gasteiger partial charge on any atom is 0.269 e. The van der Waals surface area contributed by atoms with E-state index in [1.54, 1.807) is 4.68 Å². The molecule has 1 saturated heterocycles. The van der Waals surface area contributed by atoms with Gasteiger partial charge in [0.15, 0.2) is 0 Å². The van der Waals surface area contributed by atoms with Crippen molar-refractivity contribution in [1.29, 1.82) is 0 Å². The summed E-state index contributed by atoms with van der Waals surface area (Å²) in [7, 11) is 3.89. The first kappa shape index (κ1) is 20.4. The number of aryl methyl sites for hydroxylation is 2. The van der Waals surface area contributed by atoms with Crippen LogP contribution in [0.2, 0.25) is 0 Å². The van der Waals surface area contributed by atoms with Crippen LogP contribution in [0.5, 0.6) is 0 Å². The van der Waals surface area contributed by atoms with Gasteiger partial charge in [-0.25, -0.2) is 4.98 Å². The van der Waals surface area contributed by atoms with Crippen LogP contribution >= 0.6 is 0 Å². The summed E-state index contributed by atoms with van der Waals surface area (Å²) >= 11 is 0. The zero-order chi connectivity index (χ0) is 22.1. The van der Waals surface area contributed by atoms with Crippen molar-refractivity contribution in [3.8, 4) is 11.4 Å². The van der Waals surface area contributed by atoms with E-state index in [4.69, 9.17) is 4.74 Å². The lowest BCUT2D eigenvalue weighted by Gasteiger charge is -2.12. The fourth-order valence-electron chi connectivity index (χ4n) is 4.17. The molecular formula is C24H26N6O2. The Morgan fingerprint density at radius 2 is 2.09 bits per heavy atom. The van der Waals surface area contributed by atoms with E-state index in [2.05, 4.69) is 26.4 Å². The van der Waals surface area contributed by atoms with Crippen molar-refractivity contribution in [3.63, 3.8) is 0 Å². The minimum Gasteiger partial charge on any atom is -0.381 e. The predicted molar refractivity (Wildman–Crippen MR) is 121 cm³/mol. The van der Waals surface area contributed by atoms with Crippen LogP contribution in [0.15, 0.2) is 48.9 Å². The van der Waals surface area contributed by atoms with Gasteiger partial charge in [0, 0.05) is 58.2 Å². The molecule has 0 bridgehead atoms. The Morgan fingerprint density at radius 1 is 1.19 bits per heavy atom. The van der Waals surface area contributed by atoms with Crippen molar-refractivity contribution in [2.75, 3.05) is 19.8 Å². The monoisotopic (exact) mass is 430 g/mol. The molecule has 164 valence electrons. The molecule has 1 fully saturated rings. The van der Waals surface area contributed by atoms with Crippen molar-refractivity contribution in [2.24, 2.45) is 20.0 Å². The van der Waals surface area contributed by atoms with Crippen LogP contribution in [-0.4, -0.2) is 50.0 Å². The molecule has 5 heterocycles. The smallest absolute Gasteiger partial charge is 0.269 e. The van der Waals surface area contributed by atoms with Gasteiger partial charge < -0.3 is 14.6 Å². The Morgan fingerprint density at radius 3 is 2.81 bits per heavy atom. The standard InChI is InChI=1S/C24H26N6O2/c1-29-8-5-21-23(29)18(12-22(27-21)24(31)26-14-17-7-10-32-15-17)11-16-3-4-19(25-13-16)20-6-9-30(2)28-20/h3-6,8-9,12-13,17H,7,10-11,14-15H2,1-2H3,(H,26,31). The fourth-order valence-corrected chi connectivity index (χ4v) is 4.17. The predicted octanol–water partition coefficient (Wildman–Crippen LogP) is 2.73. The molecule has 1 unspecified atom stereocenters. The molecule has 1 aliphatic rings. The number of carbonyl (C=O) groups is 1. The van der Waals surface area contributed by atoms with Gasteiger partial charge in [0.2, 0.25) is 0 Å². The summed E-state index contributed by atoms with van der Waals surface area (Å²) in [6.45, 7) is 2.09. The third-order valence-electron chi connectivity index (χ3n) is 5.91. The molecule has 1 atom stereocenters. The van der Waals surface area contributed by atoms with Crippen LogP contribution < -0.4 is 5.32 Å². The van der Waals surface area contributed by atoms with Gasteiger partial charge in [-0.3, -0.25) is 14.5 Å². The SMILES string of the molecule is Cn1ccc(-c2ccc(Cc3cc(C(=O)NCC4CCOC4)nc4ccn(C)c34)cn2)n1. The highest BCUT2D eigenvalue weighted by Gasteiger charge is 2.19. The van der Waals surface area contributed by atoms with Gasteiger partial charge in [-0.2, -0.15) is 5.10 Å². The first-order valence-corrected chi connectivity index (χ1v) is 10.8. The lowest BCUT2D eigenvalue weighted by atomic mass is 10.0. The van der Waals surface area contributed by atoms with E-state index in [1.807, 2.05) is 61.5 Å². The summed E-state index contributed by atoms with van der Waals surface area (Å²) in [5.41, 5.74) is 6.08. The number of rotatable bonds is 6. The summed E-state index contributed by atoms with van der Waals surface area (Å²) in [6, 6.07) is 9.84. The van der Waals surface area contributed by atoms with Gasteiger partial charge in [-0.15, -0.1) is 0 Å². The van der Waals surface area contributed by atoms with E-state index >= 15 is 0 Å². The van der Waals surface area contributed by atoms with Crippen LogP contribution in [0, 0.1) is 5.92 Å². The minimum atomic E-state index is -0.146. The van der Waals surface area contributed by atoms with Gasteiger partial charge in [-0.05, 0) is 41.8 Å². The van der Waals surface area contributed by atoms with Crippen LogP contribution in [0.4, 0.5) is 0 Å². The number of fused-ring (bicyclic) bond motifs is 1. The number of hydrogen-bond acceptors (Lipinski definition) is 5. The summed E-state index contributed by atoms with van der Waals surface area (Å²) in [5, 5.41) is 7.43. The summed E-state index contributed by atoms with van der Waals surface area (Å²) in [6.07, 6.45) is 7.39. The molecule has 8 nitrogen and oxygen atoms in total. The third kappa shape index (κ3) is 4.13. The molecule has 0 spiro atoms. The maximum atomic E-state index is 12.8. The summed E-state index contributed by atoms with van der Waals surface area (Å²) < 4.78 is 9.21. The van der Waals surface area contributed by atoms with E-state index in [9.17, 15) is 4.79 Å². The molecule has 32 heavy (non-hydrogen) atoms. The molecule has 4 aromatic rings. The fraction of sp³-hybridized carbons (Fsp3) is 0.333. The van der Waals surface area contributed by atoms with E-state index in [1.165, 1.54) is 0 Å². The van der Waals surface area contributed by atoms with Gasteiger partial charge >= 0.3 is 0 Å². The zero-order valence-electron chi connectivity index (χ0n) is 18.3. The lowest BCUT2D eigenvalue weighted by Crippen LogP contribution is -2.30. The van der Waals surface area contributed by atoms with Crippen molar-refractivity contribution in [2.45, 2.75) is 12.8 Å². The van der Waals surface area contributed by atoms with Gasteiger partial charge in [-0.1, -0.05) is 6.07 Å². The second-order valence-corrected chi connectivity index (χ2v) is 8.37. The number of nitrogens with one attached hydrogen (secondary N) is 1. The Bertz CT molecular complexity index is 1250. The number of hydrogen-bond donors (Lipinski definition) is 1. The van der Waals surface area contributed by atoms with Crippen molar-refractivity contribution < 1.29 is 9.53 Å². The zero-order valence-corrected chi connectivity index (χ0v) is 18.3. The second-order valence-electron chi connectivity index (χ2n) is 8.37. The largest absolute Gasteiger partial charge is 0.381 e. The maximum absolute atomic E-state index is 12.8. The van der Waals surface area contributed by atoms with Gasteiger partial charge in [0.25, 0.3) is 5.91 Å². The number of carbonyl (C=O) groups excluding carboxylic acids is 1. The number of amides is 1. The molecule has 5 rings (SSSR count). The highest BCUT2D eigenvalue weighted by molar-refractivity contribution is 5.95. The topological polar surface area (TPSA) is 86.9 Å². The van der Waals surface area contributed by atoms with E-state index in [0.29, 0.717) is 31.2 Å². The van der Waals surface area contributed by atoms with Crippen molar-refractivity contribution in [1.82, 2.24) is 29.6 Å². The number of nitrogens with zero attached hydrogens (tertiary/aromatic N) is 5. The first-order chi connectivity index (χ1) is 15.6. The molecule has 1 amide bonds. The average molecular weight is 431 g/mol. The van der Waals surface area contributed by atoms with E-state index in [0.717, 1.165) is 46.6 Å². The Hall–Kier alpha value is -3.52. The number of aromatic nitrogens is 5. The van der Waals surface area contributed by atoms with Crippen LogP contribution in [0.1, 0.15) is 28.0 Å². The van der Waals surface area contributed by atoms with Gasteiger partial charge in [0.1, 0.15) is 11.4 Å². The molecule has 1 aliphatic heterocycles. The Labute approximate surface area is 186 Å². The third-order valence-corrected chi connectivity index (χ3v) is 5.91. The molecule has 0 aromatic carbocycles. The van der Waals surface area contributed by atoms with E-state index < -0.39 is 0 Å². The molecule has 1 N–H and O–H groups in total. The number of ether oxygens (including phenoxy) is 1. The average Bonchev–Trinajstić information content (AvgIpc) is 3.55. The summed E-state index contributed by atoms with van der Waals surface area (Å²) in [4.78, 5) is 22.0. The molecule has 0 radical (unpaired) electrons. The second kappa shape index (κ2) is 8.55. The minimum absolute atomic E-state index is 0.146. The normalized spacial score (nSPS) is 16.0. The highest BCUT2D eigenvalue weighted by Crippen LogP contribution is 2.23. The quantitative estimate of drug-likeness (QED) is 0.508. The van der Waals surface area contributed by atoms with Gasteiger partial charge in [0.05, 0.1) is 23.3 Å². The lowest BCUT2D eigenvalue weighted by molar-refractivity contribution is 0.0940. The van der Waals surface area contributed by atoms with Crippen LogP contribution in [0.25, 0.3) is 22.4 Å². The van der Waals surface area contributed by atoms with Crippen LogP contribution in [0.3, 0.4) is 0 Å². The first-order valence-electron chi connectivity index (χ1n) is 10.8. The van der Waals surface area contributed by atoms with Crippen molar-refractivity contribution >= 4 is 16.9 Å². The highest BCUT2D eigenvalue weighted by atomic mass is 16.5.